The van der Waals surface area contributed by atoms with Crippen molar-refractivity contribution in [2.45, 2.75) is 37.4 Å². The second-order valence-corrected chi connectivity index (χ2v) is 8.52. The van der Waals surface area contributed by atoms with Crippen LogP contribution < -0.4 is 10.6 Å². The molecule has 0 bridgehead atoms. The van der Waals surface area contributed by atoms with Crippen LogP contribution in [0.15, 0.2) is 54.7 Å². The van der Waals surface area contributed by atoms with Crippen molar-refractivity contribution < 1.29 is 24.2 Å². The molecule has 1 aromatic heterocycles. The maximum atomic E-state index is 12.7. The van der Waals surface area contributed by atoms with E-state index in [0.717, 1.165) is 22.3 Å². The van der Waals surface area contributed by atoms with Gasteiger partial charge in [0.2, 0.25) is 5.91 Å². The minimum absolute atomic E-state index is 0.0597. The van der Waals surface area contributed by atoms with Crippen LogP contribution >= 0.6 is 0 Å². The zero-order chi connectivity index (χ0) is 23.7. The minimum Gasteiger partial charge on any atom is -0.480 e. The molecule has 0 spiro atoms. The van der Waals surface area contributed by atoms with Crippen LogP contribution in [-0.4, -0.2) is 50.2 Å². The largest absolute Gasteiger partial charge is 0.480 e. The molecule has 0 radical (unpaired) electrons. The van der Waals surface area contributed by atoms with Crippen molar-refractivity contribution >= 4 is 18.0 Å². The average Bonchev–Trinajstić information content (AvgIpc) is 3.35. The van der Waals surface area contributed by atoms with E-state index < -0.39 is 17.6 Å². The number of carboxylic acids is 1. The van der Waals surface area contributed by atoms with Crippen LogP contribution in [0, 0.1) is 0 Å². The summed E-state index contributed by atoms with van der Waals surface area (Å²) in [5, 5.41) is 21.8. The zero-order valence-electron chi connectivity index (χ0n) is 18.2. The summed E-state index contributed by atoms with van der Waals surface area (Å²) < 4.78 is 6.73. The van der Waals surface area contributed by atoms with Crippen LogP contribution in [0.2, 0.25) is 0 Å². The zero-order valence-corrected chi connectivity index (χ0v) is 18.2. The van der Waals surface area contributed by atoms with Gasteiger partial charge in [-0.3, -0.25) is 9.59 Å². The van der Waals surface area contributed by atoms with Gasteiger partial charge >= 0.3 is 12.1 Å². The molecule has 10 heteroatoms. The van der Waals surface area contributed by atoms with Gasteiger partial charge in [0.15, 0.2) is 0 Å². The summed E-state index contributed by atoms with van der Waals surface area (Å²) in [6.07, 6.45) is 1.83. The Labute approximate surface area is 194 Å². The van der Waals surface area contributed by atoms with Crippen molar-refractivity contribution in [3.8, 4) is 11.1 Å². The smallest absolute Gasteiger partial charge is 0.408 e. The lowest BCUT2D eigenvalue weighted by Crippen LogP contribution is -2.49. The Morgan fingerprint density at radius 1 is 1.06 bits per heavy atom. The number of nitrogens with zero attached hydrogens (tertiary/aromatic N) is 3. The number of nitrogens with one attached hydrogen (secondary N) is 2. The Morgan fingerprint density at radius 2 is 1.71 bits per heavy atom. The molecule has 0 unspecified atom stereocenters. The lowest BCUT2D eigenvalue weighted by molar-refractivity contribution is -0.138. The molecule has 5 rings (SSSR count). The van der Waals surface area contributed by atoms with E-state index in [1.165, 1.54) is 10.9 Å². The Balaban J connectivity index is 1.16. The van der Waals surface area contributed by atoms with Gasteiger partial charge in [-0.15, -0.1) is 5.10 Å². The van der Waals surface area contributed by atoms with E-state index in [0.29, 0.717) is 18.5 Å². The number of alkyl carbamates (subject to hydrolysis) is 1. The van der Waals surface area contributed by atoms with Gasteiger partial charge in [0, 0.05) is 5.92 Å². The third-order valence-corrected chi connectivity index (χ3v) is 6.18. The van der Waals surface area contributed by atoms with E-state index in [1.54, 1.807) is 0 Å². The highest BCUT2D eigenvalue weighted by atomic mass is 16.5. The molecule has 0 aliphatic heterocycles. The van der Waals surface area contributed by atoms with Gasteiger partial charge in [-0.25, -0.2) is 9.48 Å². The van der Waals surface area contributed by atoms with Gasteiger partial charge in [0.25, 0.3) is 0 Å². The van der Waals surface area contributed by atoms with Crippen LogP contribution in [0.1, 0.15) is 35.6 Å². The fraction of sp³-hybridized carbons (Fsp3) is 0.292. The van der Waals surface area contributed by atoms with E-state index in [2.05, 4.69) is 33.1 Å². The number of carbonyl (C=O) groups is 3. The SMILES string of the molecule is O=C(O)Cn1cc(CNC(=O)C2(NC(=O)OCC3c4ccccc4-c4ccccc43)CC2)nn1. The molecule has 1 fully saturated rings. The molecule has 3 aromatic rings. The first-order valence-electron chi connectivity index (χ1n) is 11.0. The van der Waals surface area contributed by atoms with Crippen molar-refractivity contribution in [2.75, 3.05) is 6.61 Å². The molecule has 34 heavy (non-hydrogen) atoms. The molecule has 0 atom stereocenters. The predicted octanol–water partition coefficient (Wildman–Crippen LogP) is 2.05. The van der Waals surface area contributed by atoms with Gasteiger partial charge in [-0.1, -0.05) is 53.7 Å². The van der Waals surface area contributed by atoms with Crippen LogP contribution in [0.5, 0.6) is 0 Å². The number of aliphatic carboxylic acids is 1. The monoisotopic (exact) mass is 461 g/mol. The Hall–Kier alpha value is -4.21. The van der Waals surface area contributed by atoms with Crippen molar-refractivity contribution in [3.05, 3.63) is 71.5 Å². The molecule has 1 heterocycles. The van der Waals surface area contributed by atoms with E-state index >= 15 is 0 Å². The number of rotatable bonds is 8. The first-order chi connectivity index (χ1) is 16.4. The summed E-state index contributed by atoms with van der Waals surface area (Å²) in [5.41, 5.74) is 3.94. The summed E-state index contributed by atoms with van der Waals surface area (Å²) >= 11 is 0. The molecule has 2 aliphatic rings. The van der Waals surface area contributed by atoms with Crippen molar-refractivity contribution in [2.24, 2.45) is 0 Å². The molecular weight excluding hydrogens is 438 g/mol. The molecule has 2 aliphatic carbocycles. The second-order valence-electron chi connectivity index (χ2n) is 8.52. The topological polar surface area (TPSA) is 135 Å². The Bertz CT molecular complexity index is 1220. The maximum absolute atomic E-state index is 12.7. The predicted molar refractivity (Wildman–Crippen MR) is 120 cm³/mol. The molecule has 10 nitrogen and oxygen atoms in total. The summed E-state index contributed by atoms with van der Waals surface area (Å²) in [7, 11) is 0. The first kappa shape index (κ1) is 21.6. The minimum atomic E-state index is -1.04. The van der Waals surface area contributed by atoms with Gasteiger partial charge in [0.05, 0.1) is 12.7 Å². The quantitative estimate of drug-likeness (QED) is 0.467. The number of amides is 2. The molecular formula is C24H23N5O5. The van der Waals surface area contributed by atoms with Crippen LogP contribution in [0.4, 0.5) is 4.79 Å². The normalized spacial score (nSPS) is 15.2. The number of fused-ring (bicyclic) bond motifs is 3. The molecule has 174 valence electrons. The highest BCUT2D eigenvalue weighted by molar-refractivity contribution is 5.92. The molecule has 2 aromatic carbocycles. The number of hydrogen-bond donors (Lipinski definition) is 3. The lowest BCUT2D eigenvalue weighted by Gasteiger charge is -2.19. The Morgan fingerprint density at radius 3 is 2.32 bits per heavy atom. The van der Waals surface area contributed by atoms with E-state index in [9.17, 15) is 14.4 Å². The average molecular weight is 461 g/mol. The highest BCUT2D eigenvalue weighted by Crippen LogP contribution is 2.44. The van der Waals surface area contributed by atoms with Crippen molar-refractivity contribution in [1.82, 2.24) is 25.6 Å². The maximum Gasteiger partial charge on any atom is 0.408 e. The highest BCUT2D eigenvalue weighted by Gasteiger charge is 2.51. The van der Waals surface area contributed by atoms with Crippen molar-refractivity contribution in [3.63, 3.8) is 0 Å². The second kappa shape index (κ2) is 8.62. The molecule has 2 amide bonds. The third-order valence-electron chi connectivity index (χ3n) is 6.18. The number of aromatic nitrogens is 3. The van der Waals surface area contributed by atoms with Crippen LogP contribution in [0.25, 0.3) is 11.1 Å². The van der Waals surface area contributed by atoms with E-state index in [1.807, 2.05) is 36.4 Å². The van der Waals surface area contributed by atoms with E-state index in [-0.39, 0.29) is 31.5 Å². The number of carbonyl (C=O) groups excluding carboxylic acids is 2. The fourth-order valence-corrected chi connectivity index (χ4v) is 4.34. The summed E-state index contributed by atoms with van der Waals surface area (Å²) in [6, 6.07) is 16.2. The number of hydrogen-bond acceptors (Lipinski definition) is 6. The van der Waals surface area contributed by atoms with Gasteiger partial charge < -0.3 is 20.5 Å². The number of ether oxygens (including phenoxy) is 1. The number of carboxylic acid groups (broad SMARTS) is 1. The standard InChI is InChI=1S/C24H23N5O5/c30-21(31)13-29-12-15(27-28-29)11-25-22(32)24(9-10-24)26-23(33)34-14-20-18-7-3-1-5-16(18)17-6-2-4-8-19(17)20/h1-8,12,20H,9-11,13-14H2,(H,25,32)(H,26,33)(H,30,31). The summed E-state index contributed by atoms with van der Waals surface area (Å²) in [5.74, 6) is -1.44. The molecule has 3 N–H and O–H groups in total. The van der Waals surface area contributed by atoms with Gasteiger partial charge in [-0.2, -0.15) is 0 Å². The van der Waals surface area contributed by atoms with Crippen molar-refractivity contribution in [1.29, 1.82) is 0 Å². The first-order valence-corrected chi connectivity index (χ1v) is 11.0. The third kappa shape index (κ3) is 4.21. The van der Waals surface area contributed by atoms with Gasteiger partial charge in [-0.05, 0) is 35.1 Å². The lowest BCUT2D eigenvalue weighted by atomic mass is 9.98. The van der Waals surface area contributed by atoms with Crippen LogP contribution in [0.3, 0.4) is 0 Å². The molecule has 0 saturated heterocycles. The van der Waals surface area contributed by atoms with E-state index in [4.69, 9.17) is 9.84 Å². The summed E-state index contributed by atoms with van der Waals surface area (Å²) in [6.45, 7) is -0.0644. The number of benzene rings is 2. The Kier molecular flexibility index (Phi) is 5.48. The molecule has 1 saturated carbocycles. The summed E-state index contributed by atoms with van der Waals surface area (Å²) in [4.78, 5) is 36.0. The van der Waals surface area contributed by atoms with Gasteiger partial charge in [0.1, 0.15) is 24.4 Å². The van der Waals surface area contributed by atoms with Crippen LogP contribution in [-0.2, 0) is 27.4 Å². The fourth-order valence-electron chi connectivity index (χ4n) is 4.34.